The summed E-state index contributed by atoms with van der Waals surface area (Å²) in [7, 11) is 0. The first-order valence-electron chi connectivity index (χ1n) is 9.89. The van der Waals surface area contributed by atoms with Crippen molar-refractivity contribution in [3.8, 4) is 11.3 Å². The van der Waals surface area contributed by atoms with Crippen LogP contribution in [0, 0.1) is 0 Å². The van der Waals surface area contributed by atoms with Crippen LogP contribution in [0.15, 0.2) is 42.6 Å². The molecule has 3 heterocycles. The second kappa shape index (κ2) is 7.67. The number of benzene rings is 1. The third kappa shape index (κ3) is 4.37. The highest BCUT2D eigenvalue weighted by Gasteiger charge is 2.27. The number of hydrogen-bond acceptors (Lipinski definition) is 4. The average molecular weight is 413 g/mol. The van der Waals surface area contributed by atoms with Crippen molar-refractivity contribution in [3.63, 3.8) is 0 Å². The van der Waals surface area contributed by atoms with Crippen LogP contribution in [0.1, 0.15) is 45.1 Å². The standard InChI is InChI=1S/C22H25ClN4O2/c1-22(2,3)29-21(28)26-12-10-16(11-13-26)15-4-6-17(7-5-15)18-14-24-20-9-8-19(23)25-27(18)20/h4-9,14,16H,10-13H2,1-3H3. The molecule has 4 rings (SSSR count). The largest absolute Gasteiger partial charge is 0.444 e. The van der Waals surface area contributed by atoms with Crippen LogP contribution < -0.4 is 0 Å². The zero-order valence-electron chi connectivity index (χ0n) is 16.9. The number of carbonyl (C=O) groups is 1. The van der Waals surface area contributed by atoms with Gasteiger partial charge in [-0.1, -0.05) is 35.9 Å². The molecule has 29 heavy (non-hydrogen) atoms. The summed E-state index contributed by atoms with van der Waals surface area (Å²) in [5.41, 5.74) is 3.55. The van der Waals surface area contributed by atoms with Gasteiger partial charge in [-0.2, -0.15) is 5.10 Å². The van der Waals surface area contributed by atoms with E-state index in [1.54, 1.807) is 10.6 Å². The van der Waals surface area contributed by atoms with Crippen LogP contribution in [0.2, 0.25) is 5.15 Å². The molecule has 1 fully saturated rings. The Balaban J connectivity index is 1.44. The summed E-state index contributed by atoms with van der Waals surface area (Å²) in [5, 5.41) is 4.78. The molecule has 1 aromatic carbocycles. The van der Waals surface area contributed by atoms with Crippen LogP contribution in [0.25, 0.3) is 16.9 Å². The van der Waals surface area contributed by atoms with Crippen molar-refractivity contribution in [1.29, 1.82) is 0 Å². The van der Waals surface area contributed by atoms with E-state index < -0.39 is 5.60 Å². The first kappa shape index (κ1) is 19.7. The lowest BCUT2D eigenvalue weighted by atomic mass is 9.89. The van der Waals surface area contributed by atoms with Gasteiger partial charge in [-0.15, -0.1) is 0 Å². The maximum Gasteiger partial charge on any atom is 0.410 e. The fourth-order valence-corrected chi connectivity index (χ4v) is 3.83. The molecule has 0 spiro atoms. The van der Waals surface area contributed by atoms with Crippen molar-refractivity contribution in [2.45, 2.75) is 45.1 Å². The van der Waals surface area contributed by atoms with Crippen molar-refractivity contribution in [1.82, 2.24) is 19.5 Å². The topological polar surface area (TPSA) is 59.7 Å². The van der Waals surface area contributed by atoms with E-state index in [4.69, 9.17) is 16.3 Å². The van der Waals surface area contributed by atoms with Gasteiger partial charge in [0.15, 0.2) is 5.65 Å². The molecule has 1 aliphatic heterocycles. The lowest BCUT2D eigenvalue weighted by Crippen LogP contribution is -2.41. The molecule has 0 atom stereocenters. The summed E-state index contributed by atoms with van der Waals surface area (Å²) >= 11 is 6.03. The molecule has 7 heteroatoms. The third-order valence-corrected chi connectivity index (χ3v) is 5.36. The number of hydrogen-bond donors (Lipinski definition) is 0. The highest BCUT2D eigenvalue weighted by atomic mass is 35.5. The molecule has 0 unspecified atom stereocenters. The van der Waals surface area contributed by atoms with E-state index in [-0.39, 0.29) is 6.09 Å². The van der Waals surface area contributed by atoms with E-state index in [9.17, 15) is 4.79 Å². The first-order valence-corrected chi connectivity index (χ1v) is 10.3. The van der Waals surface area contributed by atoms with Crippen LogP contribution in [-0.2, 0) is 4.74 Å². The third-order valence-electron chi connectivity index (χ3n) is 5.15. The first-order chi connectivity index (χ1) is 13.8. The van der Waals surface area contributed by atoms with Crippen LogP contribution in [-0.4, -0.2) is 44.3 Å². The number of rotatable bonds is 2. The van der Waals surface area contributed by atoms with Crippen LogP contribution in [0.3, 0.4) is 0 Å². The lowest BCUT2D eigenvalue weighted by Gasteiger charge is -2.33. The summed E-state index contributed by atoms with van der Waals surface area (Å²) in [5.74, 6) is 0.442. The van der Waals surface area contributed by atoms with Crippen LogP contribution in [0.4, 0.5) is 4.79 Å². The Morgan fingerprint density at radius 1 is 1.10 bits per heavy atom. The van der Waals surface area contributed by atoms with Crippen molar-refractivity contribution in [3.05, 3.63) is 53.3 Å². The number of likely N-dealkylation sites (tertiary alicyclic amines) is 1. The highest BCUT2D eigenvalue weighted by molar-refractivity contribution is 6.29. The Labute approximate surface area is 175 Å². The number of carbonyl (C=O) groups excluding carboxylic acids is 1. The minimum absolute atomic E-state index is 0.218. The Morgan fingerprint density at radius 2 is 1.79 bits per heavy atom. The van der Waals surface area contributed by atoms with Crippen molar-refractivity contribution >= 4 is 23.3 Å². The van der Waals surface area contributed by atoms with Gasteiger partial charge in [0.1, 0.15) is 10.8 Å². The lowest BCUT2D eigenvalue weighted by molar-refractivity contribution is 0.0205. The predicted octanol–water partition coefficient (Wildman–Crippen LogP) is 5.16. The van der Waals surface area contributed by atoms with E-state index in [1.807, 2.05) is 37.9 Å². The fourth-order valence-electron chi connectivity index (χ4n) is 3.70. The number of aromatic nitrogens is 3. The zero-order valence-corrected chi connectivity index (χ0v) is 17.7. The second-order valence-corrected chi connectivity index (χ2v) is 8.82. The Bertz CT molecular complexity index is 1020. The fraction of sp³-hybridized carbons (Fsp3) is 0.409. The Morgan fingerprint density at radius 3 is 2.45 bits per heavy atom. The van der Waals surface area contributed by atoms with E-state index in [0.717, 1.165) is 42.8 Å². The molecular formula is C22H25ClN4O2. The van der Waals surface area contributed by atoms with E-state index in [0.29, 0.717) is 11.1 Å². The molecule has 0 bridgehead atoms. The van der Waals surface area contributed by atoms with Gasteiger partial charge in [0, 0.05) is 18.7 Å². The minimum atomic E-state index is -0.458. The Kier molecular flexibility index (Phi) is 5.21. The maximum absolute atomic E-state index is 12.2. The second-order valence-electron chi connectivity index (χ2n) is 8.43. The highest BCUT2D eigenvalue weighted by Crippen LogP contribution is 2.30. The molecule has 0 radical (unpaired) electrons. The van der Waals surface area contributed by atoms with Gasteiger partial charge in [0.2, 0.25) is 0 Å². The van der Waals surface area contributed by atoms with Gasteiger partial charge in [-0.3, -0.25) is 0 Å². The summed E-state index contributed by atoms with van der Waals surface area (Å²) in [4.78, 5) is 18.4. The maximum atomic E-state index is 12.2. The van der Waals surface area contributed by atoms with Gasteiger partial charge < -0.3 is 9.64 Å². The normalized spacial score (nSPS) is 15.7. The number of nitrogens with zero attached hydrogens (tertiary/aromatic N) is 4. The predicted molar refractivity (Wildman–Crippen MR) is 113 cm³/mol. The molecule has 3 aromatic rings. The molecule has 0 aliphatic carbocycles. The summed E-state index contributed by atoms with van der Waals surface area (Å²) in [6.45, 7) is 7.12. The molecule has 0 N–H and O–H groups in total. The van der Waals surface area contributed by atoms with E-state index in [1.165, 1.54) is 5.56 Å². The molecule has 1 saturated heterocycles. The van der Waals surface area contributed by atoms with Crippen LogP contribution in [0.5, 0.6) is 0 Å². The molecule has 152 valence electrons. The van der Waals surface area contributed by atoms with Gasteiger partial charge in [0.25, 0.3) is 0 Å². The molecule has 2 aromatic heterocycles. The van der Waals surface area contributed by atoms with Gasteiger partial charge in [-0.25, -0.2) is 14.3 Å². The smallest absolute Gasteiger partial charge is 0.410 e. The number of amides is 1. The average Bonchev–Trinajstić information content (AvgIpc) is 3.10. The monoisotopic (exact) mass is 412 g/mol. The van der Waals surface area contributed by atoms with E-state index in [2.05, 4.69) is 34.3 Å². The minimum Gasteiger partial charge on any atom is -0.444 e. The SMILES string of the molecule is CC(C)(C)OC(=O)N1CCC(c2ccc(-c3cnc4ccc(Cl)nn34)cc2)CC1. The number of piperidine rings is 1. The molecule has 1 amide bonds. The summed E-state index contributed by atoms with van der Waals surface area (Å²) < 4.78 is 7.24. The van der Waals surface area contributed by atoms with Crippen LogP contribution >= 0.6 is 11.6 Å². The number of imidazole rings is 1. The van der Waals surface area contributed by atoms with Crippen molar-refractivity contribution in [2.75, 3.05) is 13.1 Å². The number of ether oxygens (including phenoxy) is 1. The molecule has 1 aliphatic rings. The molecular weight excluding hydrogens is 388 g/mol. The van der Waals surface area contributed by atoms with E-state index >= 15 is 0 Å². The van der Waals surface area contributed by atoms with Crippen molar-refractivity contribution in [2.24, 2.45) is 0 Å². The Hall–Kier alpha value is -2.60. The van der Waals surface area contributed by atoms with Gasteiger partial charge in [-0.05, 0) is 57.2 Å². The molecule has 6 nitrogen and oxygen atoms in total. The molecule has 0 saturated carbocycles. The zero-order chi connectivity index (χ0) is 20.6. The van der Waals surface area contributed by atoms with Gasteiger partial charge >= 0.3 is 6.09 Å². The van der Waals surface area contributed by atoms with Crippen molar-refractivity contribution < 1.29 is 9.53 Å². The quantitative estimate of drug-likeness (QED) is 0.583. The summed E-state index contributed by atoms with van der Waals surface area (Å²) in [6.07, 6.45) is 3.47. The summed E-state index contributed by atoms with van der Waals surface area (Å²) in [6, 6.07) is 12.1. The number of fused-ring (bicyclic) bond motifs is 1. The number of halogens is 1. The van der Waals surface area contributed by atoms with Gasteiger partial charge in [0.05, 0.1) is 11.9 Å².